The van der Waals surface area contributed by atoms with Crippen LogP contribution in [-0.4, -0.2) is 44.7 Å². The maximum atomic E-state index is 13.0. The van der Waals surface area contributed by atoms with Crippen molar-refractivity contribution in [1.29, 1.82) is 0 Å². The Morgan fingerprint density at radius 2 is 2.06 bits per heavy atom. The Balaban J connectivity index is 1.41. The van der Waals surface area contributed by atoms with Crippen LogP contribution in [0.15, 0.2) is 36.8 Å². The predicted molar refractivity (Wildman–Crippen MR) is 111 cm³/mol. The zero-order chi connectivity index (χ0) is 22.8. The summed E-state index contributed by atoms with van der Waals surface area (Å²) in [5.41, 5.74) is 2.52. The van der Waals surface area contributed by atoms with Gasteiger partial charge in [0.05, 0.1) is 17.9 Å². The number of nitrogens with one attached hydrogen (secondary N) is 2. The molecule has 0 bridgehead atoms. The fraction of sp³-hybridized carbons (Fsp3) is 0.364. The van der Waals surface area contributed by atoms with E-state index >= 15 is 0 Å². The van der Waals surface area contributed by atoms with Crippen LogP contribution >= 0.6 is 0 Å². The molecule has 4 amide bonds. The van der Waals surface area contributed by atoms with Gasteiger partial charge >= 0.3 is 6.09 Å². The number of rotatable bonds is 5. The SMILES string of the molecule is CC(NC(=O)OC(C)c1ccc2c(c1)C(=O)N(C1CCC(=O)NC1=O)C2)c1cnccn1. The van der Waals surface area contributed by atoms with Gasteiger partial charge in [-0.05, 0) is 37.5 Å². The average molecular weight is 437 g/mol. The number of carbonyl (C=O) groups excluding carboxylic acids is 4. The lowest BCUT2D eigenvalue weighted by Gasteiger charge is -2.29. The minimum absolute atomic E-state index is 0.203. The van der Waals surface area contributed by atoms with Crippen molar-refractivity contribution in [3.05, 3.63) is 59.2 Å². The molecule has 3 unspecified atom stereocenters. The molecule has 0 spiro atoms. The van der Waals surface area contributed by atoms with E-state index in [1.54, 1.807) is 50.6 Å². The fourth-order valence-corrected chi connectivity index (χ4v) is 3.87. The Kier molecular flexibility index (Phi) is 5.85. The molecule has 2 aromatic rings. The summed E-state index contributed by atoms with van der Waals surface area (Å²) in [5, 5.41) is 4.99. The maximum Gasteiger partial charge on any atom is 0.408 e. The van der Waals surface area contributed by atoms with Crippen molar-refractivity contribution in [2.24, 2.45) is 0 Å². The van der Waals surface area contributed by atoms with E-state index in [0.29, 0.717) is 29.8 Å². The van der Waals surface area contributed by atoms with E-state index < -0.39 is 24.1 Å². The van der Waals surface area contributed by atoms with Gasteiger partial charge in [0.15, 0.2) is 0 Å². The summed E-state index contributed by atoms with van der Waals surface area (Å²) in [6.45, 7) is 3.78. The number of hydrogen-bond acceptors (Lipinski definition) is 7. The second-order valence-electron chi connectivity index (χ2n) is 7.86. The largest absolute Gasteiger partial charge is 0.442 e. The van der Waals surface area contributed by atoms with Gasteiger partial charge in [-0.1, -0.05) is 12.1 Å². The van der Waals surface area contributed by atoms with Gasteiger partial charge in [-0.25, -0.2) is 4.79 Å². The summed E-state index contributed by atoms with van der Waals surface area (Å²) in [7, 11) is 0. The monoisotopic (exact) mass is 437 g/mol. The van der Waals surface area contributed by atoms with E-state index in [1.165, 1.54) is 4.90 Å². The standard InChI is InChI=1S/C22H23N5O5/c1-12(17-10-23-7-8-24-17)25-22(31)32-13(2)14-3-4-15-11-27(21(30)16(15)9-14)18-5-6-19(28)26-20(18)29/h3-4,7-10,12-13,18H,5-6,11H2,1-2H3,(H,25,31)(H,26,28,29). The van der Waals surface area contributed by atoms with Gasteiger partial charge in [-0.2, -0.15) is 0 Å². The number of nitrogens with zero attached hydrogens (tertiary/aromatic N) is 3. The molecule has 1 aromatic carbocycles. The zero-order valence-electron chi connectivity index (χ0n) is 17.7. The molecule has 2 aliphatic heterocycles. The van der Waals surface area contributed by atoms with Crippen molar-refractivity contribution in [2.75, 3.05) is 0 Å². The highest BCUT2D eigenvalue weighted by atomic mass is 16.6. The zero-order valence-corrected chi connectivity index (χ0v) is 17.7. The van der Waals surface area contributed by atoms with E-state index in [9.17, 15) is 19.2 Å². The molecular formula is C22H23N5O5. The molecule has 2 aliphatic rings. The van der Waals surface area contributed by atoms with Gasteiger partial charge in [0, 0.05) is 30.9 Å². The van der Waals surface area contributed by atoms with E-state index in [0.717, 1.165) is 5.56 Å². The number of piperidine rings is 1. The number of benzene rings is 1. The van der Waals surface area contributed by atoms with E-state index in [2.05, 4.69) is 20.6 Å². The minimum Gasteiger partial charge on any atom is -0.442 e. The average Bonchev–Trinajstić information content (AvgIpc) is 3.10. The second-order valence-corrected chi connectivity index (χ2v) is 7.86. The first-order valence-corrected chi connectivity index (χ1v) is 10.3. The van der Waals surface area contributed by atoms with Crippen LogP contribution in [-0.2, 0) is 20.9 Å². The predicted octanol–water partition coefficient (Wildman–Crippen LogP) is 1.79. The third kappa shape index (κ3) is 4.29. The molecule has 1 aromatic heterocycles. The van der Waals surface area contributed by atoms with Gasteiger partial charge in [-0.3, -0.25) is 29.7 Å². The fourth-order valence-electron chi connectivity index (χ4n) is 3.87. The molecule has 0 saturated carbocycles. The van der Waals surface area contributed by atoms with E-state index in [4.69, 9.17) is 4.74 Å². The molecule has 1 saturated heterocycles. The third-order valence-corrected chi connectivity index (χ3v) is 5.67. The van der Waals surface area contributed by atoms with E-state index in [-0.39, 0.29) is 24.3 Å². The number of carbonyl (C=O) groups is 4. The summed E-state index contributed by atoms with van der Waals surface area (Å²) in [6.07, 6.45) is 3.94. The molecule has 10 heteroatoms. The summed E-state index contributed by atoms with van der Waals surface area (Å²) >= 11 is 0. The van der Waals surface area contributed by atoms with Gasteiger partial charge in [0.1, 0.15) is 12.1 Å². The van der Waals surface area contributed by atoms with Crippen molar-refractivity contribution in [2.45, 2.75) is 51.4 Å². The van der Waals surface area contributed by atoms with Gasteiger partial charge in [0.2, 0.25) is 11.8 Å². The minimum atomic E-state index is -0.668. The molecule has 0 aliphatic carbocycles. The first kappa shape index (κ1) is 21.4. The Morgan fingerprint density at radius 1 is 1.25 bits per heavy atom. The van der Waals surface area contributed by atoms with Gasteiger partial charge in [-0.15, -0.1) is 0 Å². The van der Waals surface area contributed by atoms with Crippen LogP contribution in [0.3, 0.4) is 0 Å². The Morgan fingerprint density at radius 3 is 2.78 bits per heavy atom. The third-order valence-electron chi connectivity index (χ3n) is 5.67. The normalized spacial score (nSPS) is 19.8. The Labute approximate surface area is 184 Å². The summed E-state index contributed by atoms with van der Waals surface area (Å²) < 4.78 is 5.47. The highest BCUT2D eigenvalue weighted by Gasteiger charge is 2.39. The van der Waals surface area contributed by atoms with Crippen molar-refractivity contribution in [3.63, 3.8) is 0 Å². The highest BCUT2D eigenvalue weighted by Crippen LogP contribution is 2.30. The van der Waals surface area contributed by atoms with Crippen molar-refractivity contribution in [3.8, 4) is 0 Å². The number of ether oxygens (including phenoxy) is 1. The lowest BCUT2D eigenvalue weighted by molar-refractivity contribution is -0.136. The maximum absolute atomic E-state index is 13.0. The molecule has 2 N–H and O–H groups in total. The molecule has 3 atom stereocenters. The van der Waals surface area contributed by atoms with Crippen LogP contribution in [0, 0.1) is 0 Å². The molecule has 1 fully saturated rings. The van der Waals surface area contributed by atoms with Crippen molar-refractivity contribution >= 4 is 23.8 Å². The molecule has 3 heterocycles. The Bertz CT molecular complexity index is 1070. The number of hydrogen-bond donors (Lipinski definition) is 2. The highest BCUT2D eigenvalue weighted by molar-refractivity contribution is 6.05. The lowest BCUT2D eigenvalue weighted by Crippen LogP contribution is -2.52. The van der Waals surface area contributed by atoms with Crippen LogP contribution in [0.1, 0.15) is 66.0 Å². The lowest BCUT2D eigenvalue weighted by atomic mass is 10.0. The number of fused-ring (bicyclic) bond motifs is 1. The van der Waals surface area contributed by atoms with Crippen LogP contribution in [0.2, 0.25) is 0 Å². The summed E-state index contributed by atoms with van der Waals surface area (Å²) in [4.78, 5) is 58.4. The smallest absolute Gasteiger partial charge is 0.408 e. The van der Waals surface area contributed by atoms with Crippen molar-refractivity contribution < 1.29 is 23.9 Å². The summed E-state index contributed by atoms with van der Waals surface area (Å²) in [5.74, 6) is -1.05. The first-order chi connectivity index (χ1) is 15.3. The molecule has 10 nitrogen and oxygen atoms in total. The van der Waals surface area contributed by atoms with Crippen LogP contribution in [0.4, 0.5) is 4.79 Å². The van der Waals surface area contributed by atoms with Crippen LogP contribution in [0.25, 0.3) is 0 Å². The molecule has 4 rings (SSSR count). The summed E-state index contributed by atoms with van der Waals surface area (Å²) in [6, 6.07) is 4.23. The molecular weight excluding hydrogens is 414 g/mol. The Hall–Kier alpha value is -3.82. The molecule has 166 valence electrons. The molecule has 0 radical (unpaired) electrons. The number of aromatic nitrogens is 2. The van der Waals surface area contributed by atoms with Crippen molar-refractivity contribution in [1.82, 2.24) is 25.5 Å². The second kappa shape index (κ2) is 8.74. The van der Waals surface area contributed by atoms with Gasteiger partial charge < -0.3 is 15.0 Å². The number of imide groups is 1. The molecule has 32 heavy (non-hydrogen) atoms. The number of alkyl carbamates (subject to hydrolysis) is 1. The van der Waals surface area contributed by atoms with E-state index in [1.807, 2.05) is 0 Å². The van der Waals surface area contributed by atoms with Crippen LogP contribution < -0.4 is 10.6 Å². The van der Waals surface area contributed by atoms with Crippen LogP contribution in [0.5, 0.6) is 0 Å². The first-order valence-electron chi connectivity index (χ1n) is 10.3. The topological polar surface area (TPSA) is 131 Å². The quantitative estimate of drug-likeness (QED) is 0.682. The van der Waals surface area contributed by atoms with Gasteiger partial charge in [0.25, 0.3) is 5.91 Å². The number of amides is 4.